The van der Waals surface area contributed by atoms with E-state index in [1.807, 2.05) is 0 Å². The van der Waals surface area contributed by atoms with Crippen LogP contribution in [-0.4, -0.2) is 44.5 Å². The monoisotopic (exact) mass is 502 g/mol. The standard InChI is InChI=1S/C19H17F3N4O5S2/c1-30-14-4-2-3-12(11-14)17(27)23-10-9-16-24-25-18(32-16)26-33(28,29)15-7-5-13(6-8-15)31-19(20,21)22/h2-8,11H,9-10H2,1H3,(H,23,27)(H,25,26). The Bertz CT molecular complexity index is 1210. The van der Waals surface area contributed by atoms with Crippen molar-refractivity contribution in [2.24, 2.45) is 0 Å². The number of amides is 1. The maximum absolute atomic E-state index is 12.4. The van der Waals surface area contributed by atoms with Gasteiger partial charge in [0.05, 0.1) is 12.0 Å². The Labute approximate surface area is 190 Å². The highest BCUT2D eigenvalue weighted by Crippen LogP contribution is 2.25. The number of rotatable bonds is 9. The zero-order valence-corrected chi connectivity index (χ0v) is 18.6. The number of alkyl halides is 3. The third kappa shape index (κ3) is 7.05. The number of hydrogen-bond acceptors (Lipinski definition) is 8. The Hall–Kier alpha value is -3.39. The van der Waals surface area contributed by atoms with E-state index in [1.54, 1.807) is 24.3 Å². The lowest BCUT2D eigenvalue weighted by Crippen LogP contribution is -2.25. The molecule has 2 N–H and O–H groups in total. The molecule has 0 saturated heterocycles. The van der Waals surface area contributed by atoms with Gasteiger partial charge in [-0.05, 0) is 42.5 Å². The molecule has 9 nitrogen and oxygen atoms in total. The van der Waals surface area contributed by atoms with Crippen LogP contribution >= 0.6 is 11.3 Å². The van der Waals surface area contributed by atoms with Gasteiger partial charge in [0.2, 0.25) is 5.13 Å². The van der Waals surface area contributed by atoms with Gasteiger partial charge in [-0.25, -0.2) is 8.42 Å². The number of methoxy groups -OCH3 is 1. The molecular formula is C19H17F3N4O5S2. The molecule has 0 atom stereocenters. The van der Waals surface area contributed by atoms with E-state index in [4.69, 9.17) is 4.74 Å². The van der Waals surface area contributed by atoms with Gasteiger partial charge >= 0.3 is 6.36 Å². The van der Waals surface area contributed by atoms with Gasteiger partial charge in [0.15, 0.2) is 0 Å². The molecule has 14 heteroatoms. The van der Waals surface area contributed by atoms with E-state index in [1.165, 1.54) is 7.11 Å². The molecule has 1 aromatic heterocycles. The molecular weight excluding hydrogens is 485 g/mol. The normalized spacial score (nSPS) is 11.6. The van der Waals surface area contributed by atoms with E-state index in [0.717, 1.165) is 35.6 Å². The van der Waals surface area contributed by atoms with Gasteiger partial charge in [0.1, 0.15) is 16.5 Å². The summed E-state index contributed by atoms with van der Waals surface area (Å²) in [7, 11) is -2.60. The number of carbonyl (C=O) groups excluding carboxylic acids is 1. The topological polar surface area (TPSA) is 120 Å². The number of nitrogens with one attached hydrogen (secondary N) is 2. The quantitative estimate of drug-likeness (QED) is 0.461. The highest BCUT2D eigenvalue weighted by atomic mass is 32.2. The number of anilines is 1. The lowest BCUT2D eigenvalue weighted by molar-refractivity contribution is -0.274. The zero-order chi connectivity index (χ0) is 24.1. The number of ether oxygens (including phenoxy) is 2. The Morgan fingerprint density at radius 1 is 1.09 bits per heavy atom. The van der Waals surface area contributed by atoms with Crippen molar-refractivity contribution in [3.8, 4) is 11.5 Å². The van der Waals surface area contributed by atoms with E-state index >= 15 is 0 Å². The highest BCUT2D eigenvalue weighted by Gasteiger charge is 2.31. The third-order valence-electron chi connectivity index (χ3n) is 4.01. The fraction of sp³-hybridized carbons (Fsp3) is 0.211. The number of halogens is 3. The summed E-state index contributed by atoms with van der Waals surface area (Å²) < 4.78 is 72.5. The number of aromatic nitrogens is 2. The predicted octanol–water partition coefficient (Wildman–Crippen LogP) is 3.22. The molecule has 0 aliphatic carbocycles. The van der Waals surface area contributed by atoms with Crippen molar-refractivity contribution in [2.75, 3.05) is 18.4 Å². The lowest BCUT2D eigenvalue weighted by Gasteiger charge is -2.09. The number of benzene rings is 2. The Morgan fingerprint density at radius 3 is 2.48 bits per heavy atom. The Kier molecular flexibility index (Phi) is 7.38. The van der Waals surface area contributed by atoms with Crippen LogP contribution in [0.2, 0.25) is 0 Å². The summed E-state index contributed by atoms with van der Waals surface area (Å²) in [4.78, 5) is 11.9. The van der Waals surface area contributed by atoms with E-state index in [2.05, 4.69) is 25.0 Å². The fourth-order valence-corrected chi connectivity index (χ4v) is 4.51. The van der Waals surface area contributed by atoms with Crippen LogP contribution in [0.5, 0.6) is 11.5 Å². The third-order valence-corrected chi connectivity index (χ3v) is 6.39. The minimum Gasteiger partial charge on any atom is -0.497 e. The van der Waals surface area contributed by atoms with Crippen LogP contribution in [-0.2, 0) is 16.4 Å². The molecule has 0 spiro atoms. The van der Waals surface area contributed by atoms with Crippen LogP contribution in [0.25, 0.3) is 0 Å². The zero-order valence-electron chi connectivity index (χ0n) is 16.9. The van der Waals surface area contributed by atoms with Crippen LogP contribution in [0.4, 0.5) is 18.3 Å². The van der Waals surface area contributed by atoms with E-state index in [9.17, 15) is 26.4 Å². The number of carbonyl (C=O) groups is 1. The maximum atomic E-state index is 12.4. The first-order valence-electron chi connectivity index (χ1n) is 9.19. The largest absolute Gasteiger partial charge is 0.573 e. The molecule has 176 valence electrons. The number of nitrogens with zero attached hydrogens (tertiary/aromatic N) is 2. The Morgan fingerprint density at radius 2 is 1.82 bits per heavy atom. The SMILES string of the molecule is COc1cccc(C(=O)NCCc2nnc(NS(=O)(=O)c3ccc(OC(F)(F)F)cc3)s2)c1. The van der Waals surface area contributed by atoms with Crippen LogP contribution in [0.15, 0.2) is 53.4 Å². The minimum atomic E-state index is -4.88. The number of hydrogen-bond donors (Lipinski definition) is 2. The van der Waals surface area contributed by atoms with Crippen molar-refractivity contribution in [1.29, 1.82) is 0 Å². The van der Waals surface area contributed by atoms with Crippen molar-refractivity contribution < 1.29 is 35.9 Å². The van der Waals surface area contributed by atoms with Crippen LogP contribution < -0.4 is 19.5 Å². The van der Waals surface area contributed by atoms with Gasteiger partial charge in [-0.15, -0.1) is 23.4 Å². The second kappa shape index (κ2) is 10.0. The van der Waals surface area contributed by atoms with E-state index in [-0.39, 0.29) is 22.5 Å². The molecule has 1 amide bonds. The Balaban J connectivity index is 1.54. The van der Waals surface area contributed by atoms with E-state index < -0.39 is 22.1 Å². The van der Waals surface area contributed by atoms with Gasteiger partial charge in [-0.2, -0.15) is 0 Å². The van der Waals surface area contributed by atoms with Gasteiger partial charge in [0, 0.05) is 18.5 Å². The molecule has 0 fully saturated rings. The summed E-state index contributed by atoms with van der Waals surface area (Å²) in [6.45, 7) is 0.234. The average molecular weight is 502 g/mol. The molecule has 0 bridgehead atoms. The molecule has 0 aliphatic heterocycles. The molecule has 33 heavy (non-hydrogen) atoms. The lowest BCUT2D eigenvalue weighted by atomic mass is 10.2. The first-order chi connectivity index (χ1) is 15.6. The molecule has 0 unspecified atom stereocenters. The smallest absolute Gasteiger partial charge is 0.497 e. The highest BCUT2D eigenvalue weighted by molar-refractivity contribution is 7.93. The van der Waals surface area contributed by atoms with E-state index in [0.29, 0.717) is 22.7 Å². The molecule has 3 aromatic rings. The van der Waals surface area contributed by atoms with Crippen molar-refractivity contribution in [1.82, 2.24) is 15.5 Å². The van der Waals surface area contributed by atoms with Gasteiger partial charge in [-0.1, -0.05) is 17.4 Å². The van der Waals surface area contributed by atoms with Gasteiger partial charge in [-0.3, -0.25) is 9.52 Å². The molecule has 0 saturated carbocycles. The molecule has 1 heterocycles. The van der Waals surface area contributed by atoms with Crippen molar-refractivity contribution in [3.63, 3.8) is 0 Å². The number of sulfonamides is 1. The maximum Gasteiger partial charge on any atom is 0.573 e. The molecule has 2 aromatic carbocycles. The summed E-state index contributed by atoms with van der Waals surface area (Å²) in [5.74, 6) is -0.306. The second-order valence-corrected chi connectivity index (χ2v) is 9.11. The summed E-state index contributed by atoms with van der Waals surface area (Å²) in [6.07, 6.45) is -4.58. The molecule has 3 rings (SSSR count). The summed E-state index contributed by atoms with van der Waals surface area (Å²) >= 11 is 0.962. The molecule has 0 radical (unpaired) electrons. The van der Waals surface area contributed by atoms with Crippen molar-refractivity contribution in [2.45, 2.75) is 17.7 Å². The molecule has 0 aliphatic rings. The minimum absolute atomic E-state index is 0.0280. The summed E-state index contributed by atoms with van der Waals surface area (Å²) in [5, 5.41) is 10.8. The van der Waals surface area contributed by atoms with Gasteiger partial charge in [0.25, 0.3) is 15.9 Å². The van der Waals surface area contributed by atoms with Crippen molar-refractivity contribution >= 4 is 32.4 Å². The summed E-state index contributed by atoms with van der Waals surface area (Å²) in [6, 6.07) is 10.3. The first-order valence-corrected chi connectivity index (χ1v) is 11.5. The van der Waals surface area contributed by atoms with Crippen LogP contribution in [0.3, 0.4) is 0 Å². The van der Waals surface area contributed by atoms with Crippen LogP contribution in [0, 0.1) is 0 Å². The van der Waals surface area contributed by atoms with Crippen LogP contribution in [0.1, 0.15) is 15.4 Å². The summed E-state index contributed by atoms with van der Waals surface area (Å²) in [5.41, 5.74) is 0.423. The average Bonchev–Trinajstić information content (AvgIpc) is 3.19. The first kappa shape index (κ1) is 24.3. The van der Waals surface area contributed by atoms with Crippen molar-refractivity contribution in [3.05, 3.63) is 59.1 Å². The second-order valence-electron chi connectivity index (χ2n) is 6.36. The predicted molar refractivity (Wildman–Crippen MR) is 113 cm³/mol. The fourth-order valence-electron chi connectivity index (χ4n) is 2.54. The van der Waals surface area contributed by atoms with Gasteiger partial charge < -0.3 is 14.8 Å².